The van der Waals surface area contributed by atoms with Gasteiger partial charge in [-0.05, 0) is 40.8 Å². The van der Waals surface area contributed by atoms with Crippen LogP contribution < -0.4 is 9.64 Å². The molecule has 1 aliphatic carbocycles. The molecule has 0 N–H and O–H groups in total. The minimum absolute atomic E-state index is 0.0233. The van der Waals surface area contributed by atoms with Crippen molar-refractivity contribution in [2.24, 2.45) is 5.41 Å². The zero-order chi connectivity index (χ0) is 20.1. The number of benzene rings is 1. The molecule has 2 fully saturated rings. The number of nitrogens with zero attached hydrogens (tertiary/aromatic N) is 6. The third-order valence-corrected chi connectivity index (χ3v) is 6.39. The molecule has 0 unspecified atom stereocenters. The molecule has 0 spiro atoms. The Kier molecular flexibility index (Phi) is 5.97. The minimum Gasteiger partial charge on any atom is -0.495 e. The van der Waals surface area contributed by atoms with Crippen molar-refractivity contribution in [1.29, 1.82) is 0 Å². The van der Waals surface area contributed by atoms with Gasteiger partial charge in [0.2, 0.25) is 5.91 Å². The molecular formula is C21H30N6O2. The maximum Gasteiger partial charge on any atom is 0.223 e. The van der Waals surface area contributed by atoms with E-state index in [0.717, 1.165) is 57.0 Å². The molecule has 2 heterocycles. The zero-order valence-electron chi connectivity index (χ0n) is 17.2. The molecule has 156 valence electrons. The summed E-state index contributed by atoms with van der Waals surface area (Å²) in [5.74, 6) is 1.15. The summed E-state index contributed by atoms with van der Waals surface area (Å²) in [5, 5.41) is 11.6. The normalized spacial score (nSPS) is 19.2. The number of hydrogen-bond acceptors (Lipinski definition) is 6. The Labute approximate surface area is 171 Å². The van der Waals surface area contributed by atoms with Gasteiger partial charge in [0.15, 0.2) is 0 Å². The molecule has 29 heavy (non-hydrogen) atoms. The van der Waals surface area contributed by atoms with E-state index in [1.165, 1.54) is 19.3 Å². The summed E-state index contributed by atoms with van der Waals surface area (Å²) in [7, 11) is 1.70. The van der Waals surface area contributed by atoms with Crippen LogP contribution in [0.2, 0.25) is 0 Å². The van der Waals surface area contributed by atoms with E-state index < -0.39 is 0 Å². The lowest BCUT2D eigenvalue weighted by atomic mass is 9.71. The van der Waals surface area contributed by atoms with Gasteiger partial charge in [-0.15, -0.1) is 5.10 Å². The first-order valence-corrected chi connectivity index (χ1v) is 10.6. The second kappa shape index (κ2) is 8.80. The molecule has 0 bridgehead atoms. The van der Waals surface area contributed by atoms with Crippen molar-refractivity contribution in [3.63, 3.8) is 0 Å². The summed E-state index contributed by atoms with van der Waals surface area (Å²) < 4.78 is 7.29. The van der Waals surface area contributed by atoms with Gasteiger partial charge in [0, 0.05) is 32.6 Å². The average molecular weight is 399 g/mol. The van der Waals surface area contributed by atoms with Gasteiger partial charge in [-0.3, -0.25) is 4.79 Å². The van der Waals surface area contributed by atoms with Crippen LogP contribution in [0.25, 0.3) is 0 Å². The molecule has 0 radical (unpaired) electrons. The molecule has 0 atom stereocenters. The molecule has 2 aliphatic rings. The maximum absolute atomic E-state index is 13.2. The summed E-state index contributed by atoms with van der Waals surface area (Å²) in [4.78, 5) is 17.5. The van der Waals surface area contributed by atoms with Crippen molar-refractivity contribution in [2.75, 3.05) is 38.2 Å². The predicted octanol–water partition coefficient (Wildman–Crippen LogP) is 2.37. The third kappa shape index (κ3) is 4.52. The van der Waals surface area contributed by atoms with Crippen molar-refractivity contribution in [3.8, 4) is 5.75 Å². The number of para-hydroxylation sites is 2. The fourth-order valence-electron chi connectivity index (χ4n) is 4.81. The SMILES string of the molecule is COc1ccccc1N1CCN(C(=O)CC2(Cn3cnnn3)CCCCC2)CC1. The van der Waals surface area contributed by atoms with Crippen LogP contribution in [0, 0.1) is 5.41 Å². The molecule has 1 aromatic carbocycles. The number of methoxy groups -OCH3 is 1. The van der Waals surface area contributed by atoms with Crippen molar-refractivity contribution < 1.29 is 9.53 Å². The van der Waals surface area contributed by atoms with E-state index >= 15 is 0 Å². The molecule has 1 saturated carbocycles. The number of carbonyl (C=O) groups is 1. The van der Waals surface area contributed by atoms with E-state index in [2.05, 4.69) is 26.5 Å². The lowest BCUT2D eigenvalue weighted by molar-refractivity contribution is -0.135. The Balaban J connectivity index is 1.38. The van der Waals surface area contributed by atoms with Crippen molar-refractivity contribution in [3.05, 3.63) is 30.6 Å². The van der Waals surface area contributed by atoms with Crippen LogP contribution in [-0.4, -0.2) is 64.3 Å². The largest absolute Gasteiger partial charge is 0.495 e. The van der Waals surface area contributed by atoms with Gasteiger partial charge in [0.1, 0.15) is 12.1 Å². The fraction of sp³-hybridized carbons (Fsp3) is 0.619. The van der Waals surface area contributed by atoms with Gasteiger partial charge < -0.3 is 14.5 Å². The van der Waals surface area contributed by atoms with Crippen LogP contribution in [0.15, 0.2) is 30.6 Å². The fourth-order valence-corrected chi connectivity index (χ4v) is 4.81. The Morgan fingerprint density at radius 2 is 1.86 bits per heavy atom. The maximum atomic E-state index is 13.2. The quantitative estimate of drug-likeness (QED) is 0.744. The highest BCUT2D eigenvalue weighted by Gasteiger charge is 2.37. The predicted molar refractivity (Wildman–Crippen MR) is 110 cm³/mol. The number of carbonyl (C=O) groups excluding carboxylic acids is 1. The van der Waals surface area contributed by atoms with E-state index in [-0.39, 0.29) is 11.3 Å². The summed E-state index contributed by atoms with van der Waals surface area (Å²) in [6.07, 6.45) is 7.99. The van der Waals surface area contributed by atoms with Crippen molar-refractivity contribution in [1.82, 2.24) is 25.1 Å². The second-order valence-corrected chi connectivity index (χ2v) is 8.28. The molecule has 8 nitrogen and oxygen atoms in total. The van der Waals surface area contributed by atoms with Gasteiger partial charge in [-0.25, -0.2) is 4.68 Å². The Bertz CT molecular complexity index is 795. The second-order valence-electron chi connectivity index (χ2n) is 8.28. The van der Waals surface area contributed by atoms with E-state index in [1.54, 1.807) is 18.1 Å². The minimum atomic E-state index is -0.0233. The Hall–Kier alpha value is -2.64. The van der Waals surface area contributed by atoms with Gasteiger partial charge in [0.05, 0.1) is 19.3 Å². The molecule has 4 rings (SSSR count). The summed E-state index contributed by atoms with van der Waals surface area (Å²) in [5.41, 5.74) is 1.08. The summed E-state index contributed by atoms with van der Waals surface area (Å²) in [6, 6.07) is 8.08. The molecule has 1 aromatic heterocycles. The first kappa shape index (κ1) is 19.7. The number of piperazine rings is 1. The Morgan fingerprint density at radius 1 is 1.10 bits per heavy atom. The lowest BCUT2D eigenvalue weighted by Gasteiger charge is -2.40. The highest BCUT2D eigenvalue weighted by Crippen LogP contribution is 2.41. The third-order valence-electron chi connectivity index (χ3n) is 6.39. The number of aromatic nitrogens is 4. The summed E-state index contributed by atoms with van der Waals surface area (Å²) in [6.45, 7) is 3.88. The van der Waals surface area contributed by atoms with Gasteiger partial charge >= 0.3 is 0 Å². The average Bonchev–Trinajstić information content (AvgIpc) is 3.27. The summed E-state index contributed by atoms with van der Waals surface area (Å²) >= 11 is 0. The number of tetrazole rings is 1. The standard InChI is InChI=1S/C21H30N6O2/c1-29-19-8-4-3-7-18(19)25-11-13-26(14-12-25)20(28)15-21(9-5-2-6-10-21)16-27-17-22-23-24-27/h3-4,7-8,17H,2,5-6,9-16H2,1H3. The van der Waals surface area contributed by atoms with Gasteiger partial charge in [-0.1, -0.05) is 31.4 Å². The molecule has 1 saturated heterocycles. The monoisotopic (exact) mass is 398 g/mol. The Morgan fingerprint density at radius 3 is 2.55 bits per heavy atom. The number of anilines is 1. The highest BCUT2D eigenvalue weighted by atomic mass is 16.5. The molecule has 8 heteroatoms. The molecule has 1 aliphatic heterocycles. The van der Waals surface area contributed by atoms with Crippen molar-refractivity contribution in [2.45, 2.75) is 45.1 Å². The van der Waals surface area contributed by atoms with E-state index in [9.17, 15) is 4.79 Å². The number of amides is 1. The van der Waals surface area contributed by atoms with Gasteiger partial charge in [-0.2, -0.15) is 0 Å². The molecule has 2 aromatic rings. The number of ether oxygens (including phenoxy) is 1. The van der Waals surface area contributed by atoms with E-state index in [0.29, 0.717) is 6.42 Å². The molecular weight excluding hydrogens is 368 g/mol. The molecule has 1 amide bonds. The lowest BCUT2D eigenvalue weighted by Crippen LogP contribution is -2.50. The van der Waals surface area contributed by atoms with E-state index in [4.69, 9.17) is 4.74 Å². The van der Waals surface area contributed by atoms with Crippen molar-refractivity contribution >= 4 is 11.6 Å². The van der Waals surface area contributed by atoms with Crippen LogP contribution in [0.1, 0.15) is 38.5 Å². The smallest absolute Gasteiger partial charge is 0.223 e. The zero-order valence-corrected chi connectivity index (χ0v) is 17.2. The van der Waals surface area contributed by atoms with E-state index in [1.807, 2.05) is 23.1 Å². The van der Waals surface area contributed by atoms with Crippen LogP contribution >= 0.6 is 0 Å². The van der Waals surface area contributed by atoms with Crippen LogP contribution in [0.5, 0.6) is 5.75 Å². The van der Waals surface area contributed by atoms with Crippen LogP contribution in [0.3, 0.4) is 0 Å². The van der Waals surface area contributed by atoms with Crippen LogP contribution in [-0.2, 0) is 11.3 Å². The number of rotatable bonds is 6. The van der Waals surface area contributed by atoms with Gasteiger partial charge in [0.25, 0.3) is 0 Å². The van der Waals surface area contributed by atoms with Crippen LogP contribution in [0.4, 0.5) is 5.69 Å². The highest BCUT2D eigenvalue weighted by molar-refractivity contribution is 5.77. The number of hydrogen-bond donors (Lipinski definition) is 0. The first-order chi connectivity index (χ1) is 14.2. The topological polar surface area (TPSA) is 76.4 Å². The first-order valence-electron chi connectivity index (χ1n) is 10.6.